The topological polar surface area (TPSA) is 32.3 Å². The van der Waals surface area contributed by atoms with E-state index < -0.39 is 11.6 Å². The number of likely N-dealkylation sites (tertiary alicyclic amines) is 1. The molecule has 0 bridgehead atoms. The predicted octanol–water partition coefficient (Wildman–Crippen LogP) is 4.59. The predicted molar refractivity (Wildman–Crippen MR) is 94.5 cm³/mol. The third kappa shape index (κ3) is 4.78. The zero-order valence-corrected chi connectivity index (χ0v) is 14.1. The molecule has 2 aromatic rings. The Balaban J connectivity index is 1.60. The molecule has 0 aromatic heterocycles. The SMILES string of the molecule is O=C(c1ccc(NCc2cc(F)cc(F)c2)cc1)N1CCCCCC1. The van der Waals surface area contributed by atoms with Crippen LogP contribution in [0.15, 0.2) is 42.5 Å². The third-order valence-electron chi connectivity index (χ3n) is 4.44. The van der Waals surface area contributed by atoms with Gasteiger partial charge in [-0.1, -0.05) is 12.8 Å². The van der Waals surface area contributed by atoms with Crippen molar-refractivity contribution in [3.8, 4) is 0 Å². The fraction of sp³-hybridized carbons (Fsp3) is 0.350. The van der Waals surface area contributed by atoms with E-state index >= 15 is 0 Å². The van der Waals surface area contributed by atoms with E-state index in [1.165, 1.54) is 25.0 Å². The van der Waals surface area contributed by atoms with E-state index in [1.807, 2.05) is 17.0 Å². The molecule has 1 heterocycles. The zero-order valence-electron chi connectivity index (χ0n) is 14.1. The van der Waals surface area contributed by atoms with Crippen LogP contribution in [-0.4, -0.2) is 23.9 Å². The lowest BCUT2D eigenvalue weighted by molar-refractivity contribution is 0.0761. The van der Waals surface area contributed by atoms with Gasteiger partial charge in [-0.25, -0.2) is 8.78 Å². The number of nitrogens with zero attached hydrogens (tertiary/aromatic N) is 1. The van der Waals surface area contributed by atoms with E-state index in [4.69, 9.17) is 0 Å². The average Bonchev–Trinajstić information content (AvgIpc) is 2.88. The van der Waals surface area contributed by atoms with E-state index in [1.54, 1.807) is 12.1 Å². The van der Waals surface area contributed by atoms with Crippen LogP contribution in [0.25, 0.3) is 0 Å². The van der Waals surface area contributed by atoms with Crippen molar-refractivity contribution < 1.29 is 13.6 Å². The number of nitrogens with one attached hydrogen (secondary N) is 1. The Kier molecular flexibility index (Phi) is 5.64. The number of carbonyl (C=O) groups excluding carboxylic acids is 1. The van der Waals surface area contributed by atoms with Crippen molar-refractivity contribution in [1.82, 2.24) is 4.90 Å². The fourth-order valence-electron chi connectivity index (χ4n) is 3.10. The molecule has 1 saturated heterocycles. The summed E-state index contributed by atoms with van der Waals surface area (Å²) < 4.78 is 26.4. The van der Waals surface area contributed by atoms with Crippen molar-refractivity contribution in [1.29, 1.82) is 0 Å². The summed E-state index contributed by atoms with van der Waals surface area (Å²) >= 11 is 0. The van der Waals surface area contributed by atoms with Gasteiger partial charge in [0.15, 0.2) is 0 Å². The van der Waals surface area contributed by atoms with Crippen LogP contribution in [0.5, 0.6) is 0 Å². The van der Waals surface area contributed by atoms with Crippen molar-refractivity contribution in [2.45, 2.75) is 32.2 Å². The summed E-state index contributed by atoms with van der Waals surface area (Å²) in [5, 5.41) is 3.11. The molecule has 0 aliphatic carbocycles. The summed E-state index contributed by atoms with van der Waals surface area (Å²) in [5.41, 5.74) is 2.00. The molecular formula is C20H22F2N2O. The molecule has 0 unspecified atom stereocenters. The highest BCUT2D eigenvalue weighted by molar-refractivity contribution is 5.94. The molecule has 2 aromatic carbocycles. The van der Waals surface area contributed by atoms with Gasteiger partial charge < -0.3 is 10.2 Å². The zero-order chi connectivity index (χ0) is 17.6. The molecule has 132 valence electrons. The Labute approximate surface area is 146 Å². The lowest BCUT2D eigenvalue weighted by atomic mass is 10.1. The molecule has 1 aliphatic heterocycles. The van der Waals surface area contributed by atoms with Crippen LogP contribution in [0.2, 0.25) is 0 Å². The van der Waals surface area contributed by atoms with E-state index in [-0.39, 0.29) is 5.91 Å². The lowest BCUT2D eigenvalue weighted by Crippen LogP contribution is -2.31. The molecule has 0 spiro atoms. The second-order valence-electron chi connectivity index (χ2n) is 6.42. The molecule has 25 heavy (non-hydrogen) atoms. The number of hydrogen-bond acceptors (Lipinski definition) is 2. The summed E-state index contributed by atoms with van der Waals surface area (Å²) in [6.07, 6.45) is 4.51. The minimum atomic E-state index is -0.588. The van der Waals surface area contributed by atoms with Crippen LogP contribution < -0.4 is 5.32 Å². The van der Waals surface area contributed by atoms with Crippen LogP contribution in [0.4, 0.5) is 14.5 Å². The molecule has 0 atom stereocenters. The van der Waals surface area contributed by atoms with Gasteiger partial charge in [0.2, 0.25) is 0 Å². The monoisotopic (exact) mass is 344 g/mol. The van der Waals surface area contributed by atoms with Gasteiger partial charge >= 0.3 is 0 Å². The molecule has 1 N–H and O–H groups in total. The first-order valence-electron chi connectivity index (χ1n) is 8.70. The molecular weight excluding hydrogens is 322 g/mol. The van der Waals surface area contributed by atoms with Gasteiger partial charge in [-0.3, -0.25) is 4.79 Å². The van der Waals surface area contributed by atoms with Gasteiger partial charge in [-0.05, 0) is 54.8 Å². The van der Waals surface area contributed by atoms with Crippen LogP contribution in [-0.2, 0) is 6.54 Å². The van der Waals surface area contributed by atoms with Crippen LogP contribution in [0, 0.1) is 11.6 Å². The van der Waals surface area contributed by atoms with E-state index in [0.29, 0.717) is 17.7 Å². The summed E-state index contributed by atoms with van der Waals surface area (Å²) in [7, 11) is 0. The number of rotatable bonds is 4. The Morgan fingerprint density at radius 2 is 1.52 bits per heavy atom. The standard InChI is InChI=1S/C20H22F2N2O/c21-17-11-15(12-18(22)13-17)14-23-19-7-5-16(6-8-19)20(25)24-9-3-1-2-4-10-24/h5-8,11-13,23H,1-4,9-10,14H2. The first-order chi connectivity index (χ1) is 12.1. The van der Waals surface area contributed by atoms with Gasteiger partial charge in [0.1, 0.15) is 11.6 Å². The Morgan fingerprint density at radius 3 is 2.12 bits per heavy atom. The van der Waals surface area contributed by atoms with Crippen LogP contribution in [0.1, 0.15) is 41.6 Å². The largest absolute Gasteiger partial charge is 0.381 e. The van der Waals surface area contributed by atoms with E-state index in [9.17, 15) is 13.6 Å². The Hall–Kier alpha value is -2.43. The van der Waals surface area contributed by atoms with Crippen molar-refractivity contribution in [2.24, 2.45) is 0 Å². The van der Waals surface area contributed by atoms with Crippen molar-refractivity contribution in [3.63, 3.8) is 0 Å². The Bertz CT molecular complexity index is 703. The minimum Gasteiger partial charge on any atom is -0.381 e. The maximum atomic E-state index is 13.2. The van der Waals surface area contributed by atoms with Gasteiger partial charge in [0.05, 0.1) is 0 Å². The van der Waals surface area contributed by atoms with Crippen LogP contribution in [0.3, 0.4) is 0 Å². The second-order valence-corrected chi connectivity index (χ2v) is 6.42. The number of anilines is 1. The van der Waals surface area contributed by atoms with Crippen molar-refractivity contribution >= 4 is 11.6 Å². The quantitative estimate of drug-likeness (QED) is 0.879. The summed E-state index contributed by atoms with van der Waals surface area (Å²) in [6.45, 7) is 1.96. The molecule has 3 rings (SSSR count). The Morgan fingerprint density at radius 1 is 0.920 bits per heavy atom. The van der Waals surface area contributed by atoms with Crippen molar-refractivity contribution in [3.05, 3.63) is 65.2 Å². The molecule has 3 nitrogen and oxygen atoms in total. The third-order valence-corrected chi connectivity index (χ3v) is 4.44. The molecule has 0 saturated carbocycles. The maximum absolute atomic E-state index is 13.2. The van der Waals surface area contributed by atoms with E-state index in [2.05, 4.69) is 5.32 Å². The second kappa shape index (κ2) is 8.10. The minimum absolute atomic E-state index is 0.0700. The van der Waals surface area contributed by atoms with Gasteiger partial charge in [-0.15, -0.1) is 0 Å². The maximum Gasteiger partial charge on any atom is 0.253 e. The molecule has 1 fully saturated rings. The average molecular weight is 344 g/mol. The highest BCUT2D eigenvalue weighted by Gasteiger charge is 2.16. The number of carbonyl (C=O) groups is 1. The number of amides is 1. The highest BCUT2D eigenvalue weighted by Crippen LogP contribution is 2.16. The summed E-state index contributed by atoms with van der Waals surface area (Å²) in [5.74, 6) is -1.11. The van der Waals surface area contributed by atoms with Gasteiger partial charge in [0.25, 0.3) is 5.91 Å². The number of benzene rings is 2. The van der Waals surface area contributed by atoms with Gasteiger partial charge in [-0.2, -0.15) is 0 Å². The molecule has 1 amide bonds. The smallest absolute Gasteiger partial charge is 0.253 e. The molecule has 1 aliphatic rings. The number of halogens is 2. The van der Waals surface area contributed by atoms with Crippen LogP contribution >= 0.6 is 0 Å². The first-order valence-corrected chi connectivity index (χ1v) is 8.70. The molecule has 5 heteroatoms. The summed E-state index contributed by atoms with van der Waals surface area (Å²) in [4.78, 5) is 14.5. The highest BCUT2D eigenvalue weighted by atomic mass is 19.1. The lowest BCUT2D eigenvalue weighted by Gasteiger charge is -2.20. The fourth-order valence-corrected chi connectivity index (χ4v) is 3.10. The van der Waals surface area contributed by atoms with E-state index in [0.717, 1.165) is 37.7 Å². The molecule has 0 radical (unpaired) electrons. The number of hydrogen-bond donors (Lipinski definition) is 1. The normalized spacial score (nSPS) is 14.9. The summed E-state index contributed by atoms with van der Waals surface area (Å²) in [6, 6.07) is 10.7. The first kappa shape index (κ1) is 17.4. The van der Waals surface area contributed by atoms with Gasteiger partial charge in [0, 0.05) is 37.0 Å². The van der Waals surface area contributed by atoms with Crippen molar-refractivity contribution in [2.75, 3.05) is 18.4 Å².